The van der Waals surface area contributed by atoms with Gasteiger partial charge in [0, 0.05) is 10.4 Å². The van der Waals surface area contributed by atoms with Crippen LogP contribution in [0.4, 0.5) is 5.00 Å². The predicted octanol–water partition coefficient (Wildman–Crippen LogP) is 3.94. The summed E-state index contributed by atoms with van der Waals surface area (Å²) in [6.45, 7) is 2.09. The van der Waals surface area contributed by atoms with Crippen LogP contribution in [-0.2, 0) is 17.6 Å². The molecule has 2 aromatic rings. The summed E-state index contributed by atoms with van der Waals surface area (Å²) in [6.07, 6.45) is 3.94. The number of rotatable bonds is 5. The largest absolute Gasteiger partial charge is 0.497 e. The quantitative estimate of drug-likeness (QED) is 0.566. The van der Waals surface area contributed by atoms with Crippen molar-refractivity contribution in [3.8, 4) is 5.75 Å². The SMILES string of the molecule is CCOC(=O)c1c(NC(=S)NC(=O)c2cccc(OC)c2)sc2c1CCCC2. The number of methoxy groups -OCH3 is 1. The molecule has 0 bridgehead atoms. The van der Waals surface area contributed by atoms with E-state index in [2.05, 4.69) is 10.6 Å². The summed E-state index contributed by atoms with van der Waals surface area (Å²) >= 11 is 6.81. The highest BCUT2D eigenvalue weighted by molar-refractivity contribution is 7.80. The van der Waals surface area contributed by atoms with Crippen LogP contribution in [0.25, 0.3) is 0 Å². The van der Waals surface area contributed by atoms with Gasteiger partial charge in [0.15, 0.2) is 5.11 Å². The van der Waals surface area contributed by atoms with E-state index in [0.29, 0.717) is 28.5 Å². The minimum Gasteiger partial charge on any atom is -0.497 e. The van der Waals surface area contributed by atoms with E-state index in [0.717, 1.165) is 31.2 Å². The summed E-state index contributed by atoms with van der Waals surface area (Å²) in [5.41, 5.74) is 2.01. The lowest BCUT2D eigenvalue weighted by Crippen LogP contribution is -2.34. The number of ether oxygens (including phenoxy) is 2. The van der Waals surface area contributed by atoms with E-state index < -0.39 is 0 Å². The molecule has 0 saturated heterocycles. The van der Waals surface area contributed by atoms with Crippen molar-refractivity contribution in [3.63, 3.8) is 0 Å². The normalized spacial score (nSPS) is 12.6. The first-order valence-corrected chi connectivity index (χ1v) is 10.3. The number of esters is 1. The molecule has 6 nitrogen and oxygen atoms in total. The maximum absolute atomic E-state index is 12.5. The summed E-state index contributed by atoms with van der Waals surface area (Å²) < 4.78 is 10.4. The van der Waals surface area contributed by atoms with Crippen LogP contribution in [0.5, 0.6) is 5.75 Å². The third-order valence-electron chi connectivity index (χ3n) is 4.44. The third kappa shape index (κ3) is 4.51. The Bertz CT molecular complexity index is 908. The number of hydrogen-bond donors (Lipinski definition) is 2. The zero-order valence-electron chi connectivity index (χ0n) is 15.8. The minimum atomic E-state index is -0.355. The Morgan fingerprint density at radius 3 is 2.79 bits per heavy atom. The number of hydrogen-bond acceptors (Lipinski definition) is 6. The van der Waals surface area contributed by atoms with Gasteiger partial charge in [-0.2, -0.15) is 0 Å². The summed E-state index contributed by atoms with van der Waals surface area (Å²) in [4.78, 5) is 26.1. The second kappa shape index (κ2) is 9.16. The molecule has 2 N–H and O–H groups in total. The van der Waals surface area contributed by atoms with Gasteiger partial charge in [-0.15, -0.1) is 11.3 Å². The van der Waals surface area contributed by atoms with Gasteiger partial charge < -0.3 is 14.8 Å². The number of nitrogens with one attached hydrogen (secondary N) is 2. The lowest BCUT2D eigenvalue weighted by molar-refractivity contribution is 0.0526. The summed E-state index contributed by atoms with van der Waals surface area (Å²) in [5, 5.41) is 6.44. The van der Waals surface area contributed by atoms with Gasteiger partial charge >= 0.3 is 5.97 Å². The number of benzene rings is 1. The molecule has 1 aromatic heterocycles. The van der Waals surface area contributed by atoms with Gasteiger partial charge in [0.05, 0.1) is 19.3 Å². The smallest absolute Gasteiger partial charge is 0.341 e. The van der Waals surface area contributed by atoms with E-state index in [-0.39, 0.29) is 17.0 Å². The standard InChI is InChI=1S/C20H22N2O4S2/c1-3-26-19(24)16-14-9-4-5-10-15(14)28-18(16)22-20(27)21-17(23)12-7-6-8-13(11-12)25-2/h6-8,11H,3-5,9-10H2,1-2H3,(H2,21,22,23,27). The lowest BCUT2D eigenvalue weighted by Gasteiger charge is -2.13. The average molecular weight is 419 g/mol. The van der Waals surface area contributed by atoms with Gasteiger partial charge in [-0.05, 0) is 68.6 Å². The Morgan fingerprint density at radius 1 is 1.25 bits per heavy atom. The molecule has 8 heteroatoms. The second-order valence-electron chi connectivity index (χ2n) is 6.28. The molecule has 1 aliphatic rings. The highest BCUT2D eigenvalue weighted by Gasteiger charge is 2.27. The van der Waals surface area contributed by atoms with Crippen molar-refractivity contribution >= 4 is 45.5 Å². The molecule has 3 rings (SSSR count). The number of carbonyl (C=O) groups excluding carboxylic acids is 2. The van der Waals surface area contributed by atoms with Gasteiger partial charge in [0.25, 0.3) is 5.91 Å². The van der Waals surface area contributed by atoms with Crippen LogP contribution in [0.1, 0.15) is 50.9 Å². The number of carbonyl (C=O) groups is 2. The first-order chi connectivity index (χ1) is 13.5. The maximum Gasteiger partial charge on any atom is 0.341 e. The maximum atomic E-state index is 12.5. The topological polar surface area (TPSA) is 76.7 Å². The molecule has 0 spiro atoms. The molecule has 1 aromatic carbocycles. The van der Waals surface area contributed by atoms with Gasteiger partial charge in [0.1, 0.15) is 10.8 Å². The highest BCUT2D eigenvalue weighted by Crippen LogP contribution is 2.38. The Hall–Kier alpha value is -2.45. The van der Waals surface area contributed by atoms with Crippen molar-refractivity contribution in [2.75, 3.05) is 19.0 Å². The average Bonchev–Trinajstić information content (AvgIpc) is 3.05. The van der Waals surface area contributed by atoms with Crippen LogP contribution in [0.15, 0.2) is 24.3 Å². The van der Waals surface area contributed by atoms with Crippen molar-refractivity contribution in [2.45, 2.75) is 32.6 Å². The minimum absolute atomic E-state index is 0.136. The molecule has 0 fully saturated rings. The van der Waals surface area contributed by atoms with E-state index in [9.17, 15) is 9.59 Å². The third-order valence-corrected chi connectivity index (χ3v) is 5.85. The molecule has 0 unspecified atom stereocenters. The zero-order chi connectivity index (χ0) is 20.1. The number of thiocarbonyl (C=S) groups is 1. The zero-order valence-corrected chi connectivity index (χ0v) is 17.4. The molecular formula is C20H22N2O4S2. The number of fused-ring (bicyclic) bond motifs is 1. The Labute approximate surface area is 173 Å². The van der Waals surface area contributed by atoms with Crippen molar-refractivity contribution in [1.29, 1.82) is 0 Å². The van der Waals surface area contributed by atoms with E-state index >= 15 is 0 Å². The van der Waals surface area contributed by atoms with Gasteiger partial charge in [-0.25, -0.2) is 4.79 Å². The molecule has 0 radical (unpaired) electrons. The Balaban J connectivity index is 1.77. The first-order valence-electron chi connectivity index (χ1n) is 9.11. The van der Waals surface area contributed by atoms with Crippen molar-refractivity contribution in [2.24, 2.45) is 0 Å². The fraction of sp³-hybridized carbons (Fsp3) is 0.350. The van der Waals surface area contributed by atoms with E-state index in [1.54, 1.807) is 38.3 Å². The molecule has 28 heavy (non-hydrogen) atoms. The number of thiophene rings is 1. The van der Waals surface area contributed by atoms with Crippen LogP contribution in [0, 0.1) is 0 Å². The molecule has 1 aliphatic carbocycles. The Morgan fingerprint density at radius 2 is 2.04 bits per heavy atom. The van der Waals surface area contributed by atoms with Crippen LogP contribution < -0.4 is 15.4 Å². The van der Waals surface area contributed by atoms with Crippen LogP contribution in [0.2, 0.25) is 0 Å². The first kappa shape index (κ1) is 20.3. The van der Waals surface area contributed by atoms with Crippen molar-refractivity contribution in [1.82, 2.24) is 5.32 Å². The monoisotopic (exact) mass is 418 g/mol. The van der Waals surface area contributed by atoms with Crippen LogP contribution >= 0.6 is 23.6 Å². The second-order valence-corrected chi connectivity index (χ2v) is 7.79. The van der Waals surface area contributed by atoms with E-state index in [1.807, 2.05) is 0 Å². The van der Waals surface area contributed by atoms with E-state index in [1.165, 1.54) is 16.2 Å². The number of aryl methyl sites for hydroxylation is 1. The van der Waals surface area contributed by atoms with E-state index in [4.69, 9.17) is 21.7 Å². The molecule has 1 amide bonds. The molecule has 148 valence electrons. The molecule has 0 aliphatic heterocycles. The molecule has 1 heterocycles. The molecule has 0 atom stereocenters. The molecular weight excluding hydrogens is 396 g/mol. The van der Waals surface area contributed by atoms with Gasteiger partial charge in [-0.3, -0.25) is 10.1 Å². The summed E-state index contributed by atoms with van der Waals surface area (Å²) in [6, 6.07) is 6.80. The number of amides is 1. The summed E-state index contributed by atoms with van der Waals surface area (Å²) in [5.74, 6) is -0.121. The van der Waals surface area contributed by atoms with Crippen LogP contribution in [-0.4, -0.2) is 30.7 Å². The fourth-order valence-corrected chi connectivity index (χ4v) is 4.69. The lowest BCUT2D eigenvalue weighted by atomic mass is 9.95. The van der Waals surface area contributed by atoms with Crippen molar-refractivity contribution in [3.05, 3.63) is 45.8 Å². The predicted molar refractivity (Wildman–Crippen MR) is 114 cm³/mol. The number of anilines is 1. The molecule has 0 saturated carbocycles. The highest BCUT2D eigenvalue weighted by atomic mass is 32.1. The summed E-state index contributed by atoms with van der Waals surface area (Å²) in [7, 11) is 1.54. The Kier molecular flexibility index (Phi) is 6.64. The van der Waals surface area contributed by atoms with Crippen LogP contribution in [0.3, 0.4) is 0 Å². The van der Waals surface area contributed by atoms with Gasteiger partial charge in [-0.1, -0.05) is 6.07 Å². The van der Waals surface area contributed by atoms with Gasteiger partial charge in [0.2, 0.25) is 0 Å². The fourth-order valence-electron chi connectivity index (χ4n) is 3.15. The van der Waals surface area contributed by atoms with Crippen molar-refractivity contribution < 1.29 is 19.1 Å².